The summed E-state index contributed by atoms with van der Waals surface area (Å²) in [7, 11) is 0. The van der Waals surface area contributed by atoms with E-state index in [0.29, 0.717) is 11.7 Å². The summed E-state index contributed by atoms with van der Waals surface area (Å²) in [5.41, 5.74) is -1.38. The van der Waals surface area contributed by atoms with E-state index in [0.717, 1.165) is 38.1 Å². The van der Waals surface area contributed by atoms with Crippen LogP contribution in [0.25, 0.3) is 0 Å². The number of hydrogen-bond acceptors (Lipinski definition) is 4. The van der Waals surface area contributed by atoms with Crippen LogP contribution >= 0.6 is 11.6 Å². The van der Waals surface area contributed by atoms with Crippen molar-refractivity contribution in [3.8, 4) is 0 Å². The third kappa shape index (κ3) is 4.68. The molecule has 2 heterocycles. The van der Waals surface area contributed by atoms with Crippen molar-refractivity contribution in [3.05, 3.63) is 46.9 Å². The van der Waals surface area contributed by atoms with E-state index in [9.17, 15) is 18.0 Å². The highest BCUT2D eigenvalue weighted by Crippen LogP contribution is 2.36. The highest BCUT2D eigenvalue weighted by Gasteiger charge is 2.34. The average Bonchev–Trinajstić information content (AvgIpc) is 2.62. The minimum absolute atomic E-state index is 0.00120. The van der Waals surface area contributed by atoms with Crippen LogP contribution in [0.2, 0.25) is 5.02 Å². The fourth-order valence-electron chi connectivity index (χ4n) is 3.09. The maximum Gasteiger partial charge on any atom is 0.418 e. The van der Waals surface area contributed by atoms with Crippen LogP contribution < -0.4 is 10.2 Å². The summed E-state index contributed by atoms with van der Waals surface area (Å²) in [5.74, 6) is 0.361. The number of alkyl halides is 3. The van der Waals surface area contributed by atoms with Gasteiger partial charge in [0.2, 0.25) is 0 Å². The maximum absolute atomic E-state index is 13.2. The van der Waals surface area contributed by atoms with Gasteiger partial charge in [0.05, 0.1) is 11.3 Å². The summed E-state index contributed by atoms with van der Waals surface area (Å²) in [4.78, 5) is 22.6. The third-order valence-corrected chi connectivity index (χ3v) is 4.64. The first-order chi connectivity index (χ1) is 12.7. The van der Waals surface area contributed by atoms with Gasteiger partial charge in [-0.15, -0.1) is 0 Å². The van der Waals surface area contributed by atoms with Crippen molar-refractivity contribution in [1.82, 2.24) is 9.97 Å². The first-order valence-corrected chi connectivity index (χ1v) is 8.87. The molecule has 1 atom stereocenters. The lowest BCUT2D eigenvalue weighted by Crippen LogP contribution is -2.35. The Kier molecular flexibility index (Phi) is 5.55. The van der Waals surface area contributed by atoms with Crippen molar-refractivity contribution < 1.29 is 18.0 Å². The predicted molar refractivity (Wildman–Crippen MR) is 97.1 cm³/mol. The molecule has 1 fully saturated rings. The quantitative estimate of drug-likeness (QED) is 0.818. The lowest BCUT2D eigenvalue weighted by atomic mass is 10.0. The van der Waals surface area contributed by atoms with Crippen LogP contribution in [0.15, 0.2) is 30.6 Å². The van der Waals surface area contributed by atoms with E-state index in [1.165, 1.54) is 18.5 Å². The Hall–Kier alpha value is -2.35. The first-order valence-electron chi connectivity index (χ1n) is 8.49. The molecule has 1 amide bonds. The third-order valence-electron chi connectivity index (χ3n) is 4.40. The van der Waals surface area contributed by atoms with Gasteiger partial charge in [0.1, 0.15) is 17.8 Å². The summed E-state index contributed by atoms with van der Waals surface area (Å²) in [6.45, 7) is 3.77. The minimum atomic E-state index is -4.64. The van der Waals surface area contributed by atoms with Gasteiger partial charge in [0, 0.05) is 24.2 Å². The van der Waals surface area contributed by atoms with Crippen molar-refractivity contribution >= 4 is 29.0 Å². The first kappa shape index (κ1) is 19.4. The number of anilines is 2. The number of aromatic nitrogens is 2. The van der Waals surface area contributed by atoms with Gasteiger partial charge in [-0.25, -0.2) is 9.97 Å². The van der Waals surface area contributed by atoms with Gasteiger partial charge in [0.15, 0.2) is 0 Å². The largest absolute Gasteiger partial charge is 0.418 e. The number of carbonyl (C=O) groups excluding carboxylic acids is 1. The molecule has 1 aliphatic rings. The summed E-state index contributed by atoms with van der Waals surface area (Å²) in [6.07, 6.45) is -1.25. The topological polar surface area (TPSA) is 58.1 Å². The molecule has 27 heavy (non-hydrogen) atoms. The summed E-state index contributed by atoms with van der Waals surface area (Å²) in [6, 6.07) is 4.68. The minimum Gasteiger partial charge on any atom is -0.356 e. The molecular formula is C18H18ClF3N4O. The Morgan fingerprint density at radius 2 is 2.07 bits per heavy atom. The van der Waals surface area contributed by atoms with E-state index in [4.69, 9.17) is 11.6 Å². The fraction of sp³-hybridized carbons (Fsp3) is 0.389. The van der Waals surface area contributed by atoms with Crippen LogP contribution in [0.4, 0.5) is 24.7 Å². The van der Waals surface area contributed by atoms with Gasteiger partial charge in [-0.3, -0.25) is 4.79 Å². The number of hydrogen-bond donors (Lipinski definition) is 1. The van der Waals surface area contributed by atoms with Crippen molar-refractivity contribution in [2.75, 3.05) is 23.3 Å². The zero-order valence-corrected chi connectivity index (χ0v) is 15.3. The standard InChI is InChI=1S/C18H18ClF3N4O/c1-11-3-2-6-26(9-11)16-8-15(23-10-24-16)17(27)25-14-5-4-12(19)7-13(14)18(20,21)22/h4-5,7-8,10-11H,2-3,6,9H2,1H3,(H,25,27). The van der Waals surface area contributed by atoms with Crippen molar-refractivity contribution in [1.29, 1.82) is 0 Å². The fourth-order valence-corrected chi connectivity index (χ4v) is 3.26. The molecule has 1 aromatic carbocycles. The van der Waals surface area contributed by atoms with Gasteiger partial charge in [-0.1, -0.05) is 18.5 Å². The highest BCUT2D eigenvalue weighted by molar-refractivity contribution is 6.30. The number of benzene rings is 1. The molecule has 1 aliphatic heterocycles. The van der Waals surface area contributed by atoms with Gasteiger partial charge in [-0.2, -0.15) is 13.2 Å². The summed E-state index contributed by atoms with van der Waals surface area (Å²) < 4.78 is 39.5. The Bertz CT molecular complexity index is 844. The molecule has 1 unspecified atom stereocenters. The lowest BCUT2D eigenvalue weighted by Gasteiger charge is -2.31. The molecule has 0 bridgehead atoms. The monoisotopic (exact) mass is 398 g/mol. The molecule has 1 aromatic heterocycles. The summed E-state index contributed by atoms with van der Waals surface area (Å²) >= 11 is 5.66. The van der Waals surface area contributed by atoms with Crippen LogP contribution in [0.3, 0.4) is 0 Å². The van der Waals surface area contributed by atoms with Gasteiger partial charge >= 0.3 is 6.18 Å². The van der Waals surface area contributed by atoms with Gasteiger partial charge in [-0.05, 0) is 37.0 Å². The number of piperidine rings is 1. The van der Waals surface area contributed by atoms with E-state index < -0.39 is 17.6 Å². The van der Waals surface area contributed by atoms with Crippen LogP contribution in [0.1, 0.15) is 35.8 Å². The predicted octanol–water partition coefficient (Wildman–Crippen LogP) is 4.64. The molecule has 2 aromatic rings. The Morgan fingerprint density at radius 3 is 2.78 bits per heavy atom. The number of amides is 1. The van der Waals surface area contributed by atoms with E-state index in [1.54, 1.807) is 0 Å². The van der Waals surface area contributed by atoms with Crippen LogP contribution in [0.5, 0.6) is 0 Å². The zero-order chi connectivity index (χ0) is 19.6. The Balaban J connectivity index is 1.82. The molecule has 1 N–H and O–H groups in total. The highest BCUT2D eigenvalue weighted by atomic mass is 35.5. The Morgan fingerprint density at radius 1 is 1.30 bits per heavy atom. The van der Waals surface area contributed by atoms with Crippen molar-refractivity contribution in [2.24, 2.45) is 5.92 Å². The second-order valence-electron chi connectivity index (χ2n) is 6.60. The smallest absolute Gasteiger partial charge is 0.356 e. The molecule has 3 rings (SSSR count). The number of nitrogens with zero attached hydrogens (tertiary/aromatic N) is 3. The van der Waals surface area contributed by atoms with Gasteiger partial charge < -0.3 is 10.2 Å². The molecule has 0 spiro atoms. The molecule has 1 saturated heterocycles. The molecule has 9 heteroatoms. The number of carbonyl (C=O) groups is 1. The van der Waals surface area contributed by atoms with E-state index >= 15 is 0 Å². The lowest BCUT2D eigenvalue weighted by molar-refractivity contribution is -0.136. The molecule has 144 valence electrons. The second-order valence-corrected chi connectivity index (χ2v) is 7.03. The van der Waals surface area contributed by atoms with Crippen LogP contribution in [0, 0.1) is 5.92 Å². The molecule has 0 saturated carbocycles. The van der Waals surface area contributed by atoms with Crippen LogP contribution in [-0.4, -0.2) is 29.0 Å². The van der Waals surface area contributed by atoms with Gasteiger partial charge in [0.25, 0.3) is 5.91 Å². The molecule has 0 aliphatic carbocycles. The van der Waals surface area contributed by atoms with Crippen LogP contribution in [-0.2, 0) is 6.18 Å². The van der Waals surface area contributed by atoms with Crippen molar-refractivity contribution in [2.45, 2.75) is 25.9 Å². The average molecular weight is 399 g/mol. The normalized spacial score (nSPS) is 17.7. The van der Waals surface area contributed by atoms with E-state index in [2.05, 4.69) is 27.1 Å². The zero-order valence-electron chi connectivity index (χ0n) is 14.6. The SMILES string of the molecule is CC1CCCN(c2cc(C(=O)Nc3ccc(Cl)cc3C(F)(F)F)ncn2)C1. The number of nitrogens with one attached hydrogen (secondary N) is 1. The summed E-state index contributed by atoms with van der Waals surface area (Å²) in [5, 5.41) is 2.21. The van der Waals surface area contributed by atoms with E-state index in [-0.39, 0.29) is 16.4 Å². The van der Waals surface area contributed by atoms with Crippen molar-refractivity contribution in [3.63, 3.8) is 0 Å². The number of rotatable bonds is 3. The Labute approximate surface area is 159 Å². The maximum atomic E-state index is 13.2. The molecular weight excluding hydrogens is 381 g/mol. The molecule has 0 radical (unpaired) electrons. The number of halogens is 4. The second kappa shape index (κ2) is 7.72. The molecule has 5 nitrogen and oxygen atoms in total. The van der Waals surface area contributed by atoms with E-state index in [1.807, 2.05) is 0 Å².